The summed E-state index contributed by atoms with van der Waals surface area (Å²) in [6, 6.07) is 11.6. The number of likely N-dealkylation sites (tertiary alicyclic amines) is 1. The lowest BCUT2D eigenvalue weighted by Crippen LogP contribution is -2.48. The van der Waals surface area contributed by atoms with Crippen molar-refractivity contribution in [2.75, 3.05) is 19.6 Å². The second kappa shape index (κ2) is 6.02. The number of nitrogens with one attached hydrogen (secondary N) is 2. The molecule has 3 fully saturated rings. The molecule has 0 bridgehead atoms. The van der Waals surface area contributed by atoms with Gasteiger partial charge in [0.05, 0.1) is 6.04 Å². The number of nitrogens with two attached hydrogens (primary N) is 1. The third kappa shape index (κ3) is 2.81. The first-order valence-corrected chi connectivity index (χ1v) is 9.49. The van der Waals surface area contributed by atoms with Gasteiger partial charge in [-0.2, -0.15) is 0 Å². The van der Waals surface area contributed by atoms with Crippen LogP contribution in [0.2, 0.25) is 0 Å². The third-order valence-electron chi connectivity index (χ3n) is 5.58. The second-order valence-corrected chi connectivity index (χ2v) is 8.57. The van der Waals surface area contributed by atoms with Crippen LogP contribution in [-0.2, 0) is 0 Å². The molecular weight excluding hydrogens is 306 g/mol. The molecule has 1 aromatic rings. The summed E-state index contributed by atoms with van der Waals surface area (Å²) in [6.07, 6.45) is 1.20. The van der Waals surface area contributed by atoms with Crippen molar-refractivity contribution in [1.82, 2.24) is 20.7 Å². The third-order valence-corrected chi connectivity index (χ3v) is 6.87. The molecule has 0 spiro atoms. The fraction of sp³-hybridized carbons (Fsp3) is 0.647. The summed E-state index contributed by atoms with van der Waals surface area (Å²) in [7, 11) is 0. The Bertz CT molecular complexity index is 555. The fourth-order valence-corrected chi connectivity index (χ4v) is 5.34. The van der Waals surface area contributed by atoms with Crippen molar-refractivity contribution >= 4 is 11.8 Å². The van der Waals surface area contributed by atoms with Gasteiger partial charge in [-0.25, -0.2) is 10.4 Å². The van der Waals surface area contributed by atoms with Crippen molar-refractivity contribution in [2.45, 2.75) is 43.3 Å². The molecule has 4 N–H and O–H groups in total. The zero-order chi connectivity index (χ0) is 16.0. The molecule has 1 aromatic carbocycles. The molecule has 0 radical (unpaired) electrons. The number of hydrogen-bond donors (Lipinski definition) is 3. The van der Waals surface area contributed by atoms with E-state index in [9.17, 15) is 0 Å². The Morgan fingerprint density at radius 3 is 2.74 bits per heavy atom. The van der Waals surface area contributed by atoms with Crippen LogP contribution in [0, 0.1) is 5.41 Å². The molecular formula is C17H27N5S. The molecule has 3 saturated heterocycles. The van der Waals surface area contributed by atoms with Crippen LogP contribution in [0.15, 0.2) is 30.3 Å². The van der Waals surface area contributed by atoms with E-state index in [-0.39, 0.29) is 5.41 Å². The maximum absolute atomic E-state index is 5.95. The van der Waals surface area contributed by atoms with Gasteiger partial charge in [0, 0.05) is 19.1 Å². The normalized spacial score (nSPS) is 41.5. The average Bonchev–Trinajstić information content (AvgIpc) is 3.24. The van der Waals surface area contributed by atoms with Gasteiger partial charge in [-0.05, 0) is 30.9 Å². The summed E-state index contributed by atoms with van der Waals surface area (Å²) < 4.78 is 0. The van der Waals surface area contributed by atoms with Crippen molar-refractivity contribution in [3.8, 4) is 0 Å². The lowest BCUT2D eigenvalue weighted by molar-refractivity contribution is 0.119. The standard InChI is InChI=1S/C17H27N5S/c1-12-14(13-6-4-3-5-7-13)19-15-22(12)20-16(23-15)21-9-8-17(2,10-18)11-21/h3-7,12,14-16,19-20H,8-11,18H2,1-2H3. The molecule has 3 heterocycles. The SMILES string of the molecule is CC1C(c2ccccc2)NC2SC(N3CCC(C)(CN)C3)NN21. The maximum Gasteiger partial charge on any atom is 0.124 e. The van der Waals surface area contributed by atoms with E-state index in [2.05, 4.69) is 64.8 Å². The molecule has 4 rings (SSSR count). The van der Waals surface area contributed by atoms with Gasteiger partial charge in [-0.1, -0.05) is 49.0 Å². The Labute approximate surface area is 142 Å². The number of hydrogen-bond acceptors (Lipinski definition) is 6. The molecule has 0 aliphatic carbocycles. The molecule has 0 aromatic heterocycles. The van der Waals surface area contributed by atoms with Gasteiger partial charge in [-0.3, -0.25) is 10.2 Å². The smallest absolute Gasteiger partial charge is 0.124 e. The highest BCUT2D eigenvalue weighted by atomic mass is 32.2. The van der Waals surface area contributed by atoms with Crippen LogP contribution >= 0.6 is 11.8 Å². The molecule has 5 unspecified atom stereocenters. The molecule has 126 valence electrons. The largest absolute Gasteiger partial charge is 0.330 e. The van der Waals surface area contributed by atoms with E-state index in [4.69, 9.17) is 5.73 Å². The number of nitrogens with zero attached hydrogens (tertiary/aromatic N) is 2. The van der Waals surface area contributed by atoms with Crippen LogP contribution in [0.1, 0.15) is 31.9 Å². The predicted octanol–water partition coefficient (Wildman–Crippen LogP) is 1.51. The van der Waals surface area contributed by atoms with E-state index < -0.39 is 0 Å². The molecule has 3 aliphatic rings. The van der Waals surface area contributed by atoms with Crippen LogP contribution < -0.4 is 16.5 Å². The minimum atomic E-state index is 0.279. The first-order valence-electron chi connectivity index (χ1n) is 8.55. The van der Waals surface area contributed by atoms with Crippen molar-refractivity contribution in [1.29, 1.82) is 0 Å². The second-order valence-electron chi connectivity index (χ2n) is 7.41. The summed E-state index contributed by atoms with van der Waals surface area (Å²) in [6.45, 7) is 7.61. The van der Waals surface area contributed by atoms with Gasteiger partial charge in [0.2, 0.25) is 0 Å². The Morgan fingerprint density at radius 2 is 2.09 bits per heavy atom. The van der Waals surface area contributed by atoms with Crippen molar-refractivity contribution in [3.05, 3.63) is 35.9 Å². The van der Waals surface area contributed by atoms with Gasteiger partial charge in [0.1, 0.15) is 11.0 Å². The van der Waals surface area contributed by atoms with Crippen LogP contribution in [0.3, 0.4) is 0 Å². The molecule has 23 heavy (non-hydrogen) atoms. The first-order chi connectivity index (χ1) is 11.1. The summed E-state index contributed by atoms with van der Waals surface area (Å²) in [5, 5.41) is 6.18. The minimum Gasteiger partial charge on any atom is -0.330 e. The van der Waals surface area contributed by atoms with Gasteiger partial charge < -0.3 is 5.73 Å². The number of rotatable bonds is 3. The average molecular weight is 334 g/mol. The zero-order valence-corrected chi connectivity index (χ0v) is 14.7. The fourth-order valence-electron chi connectivity index (χ4n) is 3.95. The lowest BCUT2D eigenvalue weighted by atomic mass is 9.90. The van der Waals surface area contributed by atoms with E-state index >= 15 is 0 Å². The van der Waals surface area contributed by atoms with E-state index in [1.165, 1.54) is 12.0 Å². The van der Waals surface area contributed by atoms with Gasteiger partial charge in [0.15, 0.2) is 0 Å². The summed E-state index contributed by atoms with van der Waals surface area (Å²) in [5.41, 5.74) is 12.0. The number of hydrazine groups is 1. The Kier molecular flexibility index (Phi) is 4.16. The number of benzene rings is 1. The Hall–Kier alpha value is -0.630. The number of fused-ring (bicyclic) bond motifs is 1. The molecule has 0 amide bonds. The highest BCUT2D eigenvalue weighted by Gasteiger charge is 2.48. The van der Waals surface area contributed by atoms with Crippen molar-refractivity contribution in [2.24, 2.45) is 11.1 Å². The minimum absolute atomic E-state index is 0.279. The maximum atomic E-state index is 5.95. The van der Waals surface area contributed by atoms with E-state index in [0.717, 1.165) is 19.6 Å². The number of thioether (sulfide) groups is 1. The topological polar surface area (TPSA) is 56.6 Å². The van der Waals surface area contributed by atoms with Crippen molar-refractivity contribution < 1.29 is 0 Å². The van der Waals surface area contributed by atoms with E-state index in [1.807, 2.05) is 11.8 Å². The predicted molar refractivity (Wildman–Crippen MR) is 95.3 cm³/mol. The zero-order valence-electron chi connectivity index (χ0n) is 13.9. The molecule has 6 heteroatoms. The van der Waals surface area contributed by atoms with Crippen molar-refractivity contribution in [3.63, 3.8) is 0 Å². The van der Waals surface area contributed by atoms with Gasteiger partial charge >= 0.3 is 0 Å². The highest BCUT2D eigenvalue weighted by molar-refractivity contribution is 8.00. The first kappa shape index (κ1) is 15.9. The quantitative estimate of drug-likeness (QED) is 0.780. The molecule has 5 nitrogen and oxygen atoms in total. The van der Waals surface area contributed by atoms with E-state index in [0.29, 0.717) is 23.1 Å². The monoisotopic (exact) mass is 333 g/mol. The summed E-state index contributed by atoms with van der Waals surface area (Å²) in [4.78, 5) is 2.54. The van der Waals surface area contributed by atoms with E-state index in [1.54, 1.807) is 0 Å². The lowest BCUT2D eigenvalue weighted by Gasteiger charge is -2.29. The van der Waals surface area contributed by atoms with Crippen LogP contribution in [-0.4, -0.2) is 46.6 Å². The highest BCUT2D eigenvalue weighted by Crippen LogP contribution is 2.41. The van der Waals surface area contributed by atoms with Gasteiger partial charge in [0.25, 0.3) is 0 Å². The molecule has 0 saturated carbocycles. The van der Waals surface area contributed by atoms with Crippen LogP contribution in [0.4, 0.5) is 0 Å². The van der Waals surface area contributed by atoms with Crippen LogP contribution in [0.5, 0.6) is 0 Å². The molecule has 5 atom stereocenters. The Morgan fingerprint density at radius 1 is 1.30 bits per heavy atom. The summed E-state index contributed by atoms with van der Waals surface area (Å²) >= 11 is 1.98. The Balaban J connectivity index is 1.42. The molecule has 3 aliphatic heterocycles. The van der Waals surface area contributed by atoms with Crippen LogP contribution in [0.25, 0.3) is 0 Å². The van der Waals surface area contributed by atoms with Gasteiger partial charge in [-0.15, -0.1) is 0 Å². The summed E-state index contributed by atoms with van der Waals surface area (Å²) in [5.74, 6) is 0.